The van der Waals surface area contributed by atoms with Crippen molar-refractivity contribution in [2.45, 2.75) is 42.8 Å². The SMILES string of the molecule is CN(Cc1cc(S(=O)(=O)c2ccc(Cl)nc2)n(-c2cccc(Cl)c2F)n1)C(=O)OC(C)(C)C. The minimum Gasteiger partial charge on any atom is -0.444 e. The molecule has 0 spiro atoms. The molecule has 0 fully saturated rings. The molecule has 0 aliphatic rings. The first-order valence-corrected chi connectivity index (χ1v) is 11.9. The number of aromatic nitrogens is 3. The van der Waals surface area contributed by atoms with Crippen molar-refractivity contribution >= 4 is 39.1 Å². The van der Waals surface area contributed by atoms with Crippen LogP contribution in [0.15, 0.2) is 52.5 Å². The maximum Gasteiger partial charge on any atom is 0.410 e. The molecule has 3 aromatic rings. The quantitative estimate of drug-likeness (QED) is 0.448. The van der Waals surface area contributed by atoms with E-state index in [1.807, 2.05) is 0 Å². The Balaban J connectivity index is 2.10. The van der Waals surface area contributed by atoms with Gasteiger partial charge >= 0.3 is 6.09 Å². The van der Waals surface area contributed by atoms with E-state index in [1.165, 1.54) is 48.3 Å². The van der Waals surface area contributed by atoms with E-state index in [-0.39, 0.29) is 38.0 Å². The summed E-state index contributed by atoms with van der Waals surface area (Å²) in [5.41, 5.74) is -0.706. The second kappa shape index (κ2) is 9.28. The lowest BCUT2D eigenvalue weighted by molar-refractivity contribution is 0.0283. The Morgan fingerprint density at radius 1 is 1.21 bits per heavy atom. The van der Waals surface area contributed by atoms with Gasteiger partial charge in [0.05, 0.1) is 22.2 Å². The molecule has 0 bridgehead atoms. The smallest absolute Gasteiger partial charge is 0.410 e. The summed E-state index contributed by atoms with van der Waals surface area (Å²) in [5, 5.41) is 3.83. The molecule has 0 atom stereocenters. The maximum atomic E-state index is 14.8. The second-order valence-electron chi connectivity index (χ2n) is 8.12. The van der Waals surface area contributed by atoms with Gasteiger partial charge < -0.3 is 9.64 Å². The van der Waals surface area contributed by atoms with Crippen LogP contribution in [-0.4, -0.2) is 46.8 Å². The number of pyridine rings is 1. The first-order valence-electron chi connectivity index (χ1n) is 9.63. The number of hydrogen-bond donors (Lipinski definition) is 0. The summed E-state index contributed by atoms with van der Waals surface area (Å²) in [4.78, 5) is 17.2. The van der Waals surface area contributed by atoms with Crippen molar-refractivity contribution in [2.75, 3.05) is 7.05 Å². The highest BCUT2D eigenvalue weighted by Crippen LogP contribution is 2.28. The number of hydrogen-bond acceptors (Lipinski definition) is 6. The van der Waals surface area contributed by atoms with Crippen molar-refractivity contribution in [1.82, 2.24) is 19.7 Å². The van der Waals surface area contributed by atoms with E-state index in [1.54, 1.807) is 20.8 Å². The summed E-state index contributed by atoms with van der Waals surface area (Å²) in [6, 6.07) is 8.00. The van der Waals surface area contributed by atoms with Crippen molar-refractivity contribution in [3.05, 3.63) is 64.3 Å². The van der Waals surface area contributed by atoms with Gasteiger partial charge in [0, 0.05) is 19.3 Å². The van der Waals surface area contributed by atoms with Gasteiger partial charge in [-0.3, -0.25) is 0 Å². The number of benzene rings is 1. The molecule has 33 heavy (non-hydrogen) atoms. The summed E-state index contributed by atoms with van der Waals surface area (Å²) in [7, 11) is -2.72. The molecule has 2 heterocycles. The molecule has 0 radical (unpaired) electrons. The molecule has 176 valence electrons. The molecule has 1 aromatic carbocycles. The van der Waals surface area contributed by atoms with Gasteiger partial charge in [0.2, 0.25) is 9.84 Å². The normalized spacial score (nSPS) is 12.0. The van der Waals surface area contributed by atoms with Gasteiger partial charge in [-0.15, -0.1) is 0 Å². The lowest BCUT2D eigenvalue weighted by atomic mass is 10.2. The molecule has 8 nitrogen and oxygen atoms in total. The van der Waals surface area contributed by atoms with Gasteiger partial charge in [0.25, 0.3) is 0 Å². The Morgan fingerprint density at radius 2 is 1.91 bits per heavy atom. The van der Waals surface area contributed by atoms with Crippen LogP contribution in [0.25, 0.3) is 5.69 Å². The summed E-state index contributed by atoms with van der Waals surface area (Å²) < 4.78 is 47.7. The number of amides is 1. The van der Waals surface area contributed by atoms with Crippen LogP contribution in [0.3, 0.4) is 0 Å². The fourth-order valence-electron chi connectivity index (χ4n) is 2.80. The predicted molar refractivity (Wildman–Crippen MR) is 121 cm³/mol. The molecule has 0 aliphatic carbocycles. The summed E-state index contributed by atoms with van der Waals surface area (Å²) in [6.45, 7) is 5.08. The second-order valence-corrected chi connectivity index (χ2v) is 10.8. The standard InChI is InChI=1S/C21H21Cl2FN4O4S/c1-21(2,3)32-20(29)27(4)12-13-10-18(33(30,31)14-8-9-17(23)25-11-14)28(26-13)16-7-5-6-15(22)19(16)24/h5-11H,12H2,1-4H3. The van der Waals surface area contributed by atoms with Crippen LogP contribution < -0.4 is 0 Å². The zero-order valence-corrected chi connectivity index (χ0v) is 20.5. The predicted octanol–water partition coefficient (Wildman–Crippen LogP) is 4.91. The highest BCUT2D eigenvalue weighted by atomic mass is 35.5. The molecular formula is C21H21Cl2FN4O4S. The summed E-state index contributed by atoms with van der Waals surface area (Å²) in [5.74, 6) is -0.847. The number of nitrogens with zero attached hydrogens (tertiary/aromatic N) is 4. The topological polar surface area (TPSA) is 94.4 Å². The molecule has 3 rings (SSSR count). The number of carbonyl (C=O) groups excluding carboxylic acids is 1. The molecule has 12 heteroatoms. The maximum absolute atomic E-state index is 14.8. The Bertz CT molecular complexity index is 1290. The average Bonchev–Trinajstić information content (AvgIpc) is 3.13. The van der Waals surface area contributed by atoms with Gasteiger partial charge in [-0.25, -0.2) is 27.3 Å². The molecule has 0 saturated heterocycles. The molecule has 0 unspecified atom stereocenters. The number of ether oxygens (including phenoxy) is 1. The van der Waals surface area contributed by atoms with E-state index in [9.17, 15) is 17.6 Å². The van der Waals surface area contributed by atoms with Crippen LogP contribution in [0.5, 0.6) is 0 Å². The van der Waals surface area contributed by atoms with E-state index in [4.69, 9.17) is 27.9 Å². The minimum atomic E-state index is -4.19. The van der Waals surface area contributed by atoms with Crippen molar-refractivity contribution in [1.29, 1.82) is 0 Å². The molecular weight excluding hydrogens is 494 g/mol. The number of sulfone groups is 1. The zero-order chi connectivity index (χ0) is 24.6. The number of carbonyl (C=O) groups is 1. The molecule has 0 N–H and O–H groups in total. The Labute approximate surface area is 200 Å². The van der Waals surface area contributed by atoms with E-state index in [0.29, 0.717) is 0 Å². The van der Waals surface area contributed by atoms with Gasteiger partial charge in [-0.2, -0.15) is 5.10 Å². The van der Waals surface area contributed by atoms with E-state index < -0.39 is 27.3 Å². The number of halogens is 3. The Kier molecular flexibility index (Phi) is 7.01. The summed E-state index contributed by atoms with van der Waals surface area (Å²) in [6.07, 6.45) is 0.466. The van der Waals surface area contributed by atoms with Gasteiger partial charge in [0.1, 0.15) is 16.4 Å². The highest BCUT2D eigenvalue weighted by molar-refractivity contribution is 7.91. The summed E-state index contributed by atoms with van der Waals surface area (Å²) >= 11 is 11.7. The van der Waals surface area contributed by atoms with E-state index in [0.717, 1.165) is 10.9 Å². The van der Waals surface area contributed by atoms with Crippen LogP contribution in [0, 0.1) is 5.82 Å². The largest absolute Gasteiger partial charge is 0.444 e. The lowest BCUT2D eigenvalue weighted by Crippen LogP contribution is -2.33. The first-order chi connectivity index (χ1) is 15.3. The lowest BCUT2D eigenvalue weighted by Gasteiger charge is -2.24. The third-order valence-corrected chi connectivity index (χ3v) is 6.50. The van der Waals surface area contributed by atoms with Crippen molar-refractivity contribution in [3.63, 3.8) is 0 Å². The monoisotopic (exact) mass is 514 g/mol. The van der Waals surface area contributed by atoms with Crippen LogP contribution in [0.1, 0.15) is 26.5 Å². The average molecular weight is 515 g/mol. The van der Waals surface area contributed by atoms with Crippen LogP contribution in [0.2, 0.25) is 10.2 Å². The van der Waals surface area contributed by atoms with Crippen LogP contribution in [-0.2, 0) is 21.1 Å². The van der Waals surface area contributed by atoms with Crippen molar-refractivity contribution in [2.24, 2.45) is 0 Å². The Morgan fingerprint density at radius 3 is 2.52 bits per heavy atom. The van der Waals surface area contributed by atoms with Gasteiger partial charge in [0.15, 0.2) is 10.8 Å². The van der Waals surface area contributed by atoms with Gasteiger partial charge in [-0.1, -0.05) is 29.3 Å². The fourth-order valence-corrected chi connectivity index (χ4v) is 4.42. The van der Waals surface area contributed by atoms with E-state index in [2.05, 4.69) is 10.1 Å². The zero-order valence-electron chi connectivity index (χ0n) is 18.2. The van der Waals surface area contributed by atoms with Gasteiger partial charge in [-0.05, 0) is 45.0 Å². The highest BCUT2D eigenvalue weighted by Gasteiger charge is 2.28. The van der Waals surface area contributed by atoms with Crippen molar-refractivity contribution in [3.8, 4) is 5.69 Å². The molecule has 0 saturated carbocycles. The molecule has 1 amide bonds. The Hall–Kier alpha value is -2.69. The van der Waals surface area contributed by atoms with Crippen LogP contribution in [0.4, 0.5) is 9.18 Å². The van der Waals surface area contributed by atoms with E-state index >= 15 is 0 Å². The molecule has 0 aliphatic heterocycles. The number of rotatable bonds is 5. The third-order valence-electron chi connectivity index (χ3n) is 4.28. The fraction of sp³-hybridized carbons (Fsp3) is 0.286. The minimum absolute atomic E-state index is 0.0918. The van der Waals surface area contributed by atoms with Crippen LogP contribution >= 0.6 is 23.2 Å². The first kappa shape index (κ1) is 24.9. The molecule has 2 aromatic heterocycles. The van der Waals surface area contributed by atoms with Crippen molar-refractivity contribution < 1.29 is 22.3 Å². The third kappa shape index (κ3) is 5.63.